The first-order valence-electron chi connectivity index (χ1n) is 10.2. The Morgan fingerprint density at radius 2 is 1.96 bits per heavy atom. The Hall–Kier alpha value is -1.90. The van der Waals surface area contributed by atoms with E-state index in [1.54, 1.807) is 0 Å². The van der Waals surface area contributed by atoms with Crippen LogP contribution in [0, 0.1) is 0 Å². The van der Waals surface area contributed by atoms with E-state index in [0.29, 0.717) is 24.6 Å². The highest BCUT2D eigenvalue weighted by Gasteiger charge is 2.38. The van der Waals surface area contributed by atoms with E-state index in [2.05, 4.69) is 22.4 Å². The van der Waals surface area contributed by atoms with E-state index in [1.807, 2.05) is 18.3 Å². The SMILES string of the molecule is O=C(C[NH+]1CC[NH+]([C@@H]2CCS(=O)(=O)C2)CC1)NCCc1c[nH]c2ccccc12. The Balaban J connectivity index is 1.18. The maximum Gasteiger partial charge on any atom is 0.275 e. The van der Waals surface area contributed by atoms with Crippen molar-refractivity contribution in [3.8, 4) is 0 Å². The van der Waals surface area contributed by atoms with Crippen LogP contribution in [0.3, 0.4) is 0 Å². The summed E-state index contributed by atoms with van der Waals surface area (Å²) in [6.07, 6.45) is 3.63. The second-order valence-electron chi connectivity index (χ2n) is 8.14. The zero-order chi connectivity index (χ0) is 19.6. The monoisotopic (exact) mass is 406 g/mol. The van der Waals surface area contributed by atoms with Gasteiger partial charge in [0.25, 0.3) is 5.91 Å². The lowest BCUT2D eigenvalue weighted by molar-refractivity contribution is -1.02. The van der Waals surface area contributed by atoms with E-state index in [-0.39, 0.29) is 11.9 Å². The van der Waals surface area contributed by atoms with Crippen molar-refractivity contribution in [2.24, 2.45) is 0 Å². The predicted molar refractivity (Wildman–Crippen MR) is 108 cm³/mol. The standard InChI is InChI=1S/C20H28N4O3S/c25-20(21-7-5-16-13-22-19-4-2-1-3-18(16)19)14-23-8-10-24(11-9-23)17-6-12-28(26,27)15-17/h1-4,13,17,22H,5-12,14-15H2,(H,21,25)/p+2/t17-/m1/s1. The van der Waals surface area contributed by atoms with Gasteiger partial charge in [-0.05, 0) is 18.1 Å². The molecule has 28 heavy (non-hydrogen) atoms. The second kappa shape index (κ2) is 8.23. The number of rotatable bonds is 6. The smallest absolute Gasteiger partial charge is 0.275 e. The Morgan fingerprint density at radius 1 is 1.18 bits per heavy atom. The van der Waals surface area contributed by atoms with Crippen LogP contribution in [-0.4, -0.2) is 76.1 Å². The number of fused-ring (bicyclic) bond motifs is 1. The minimum absolute atomic E-state index is 0.0988. The van der Waals surface area contributed by atoms with Gasteiger partial charge < -0.3 is 20.1 Å². The molecule has 1 aromatic carbocycles. The molecule has 152 valence electrons. The lowest BCUT2D eigenvalue weighted by Gasteiger charge is -2.32. The van der Waals surface area contributed by atoms with Crippen molar-refractivity contribution in [2.75, 3.05) is 50.8 Å². The number of benzene rings is 1. The third kappa shape index (κ3) is 4.56. The molecule has 1 aromatic heterocycles. The molecule has 2 saturated heterocycles. The number of nitrogens with one attached hydrogen (secondary N) is 4. The van der Waals surface area contributed by atoms with Crippen LogP contribution in [0.15, 0.2) is 30.5 Å². The molecular formula is C20H30N4O3S+2. The number of carbonyl (C=O) groups is 1. The van der Waals surface area contributed by atoms with Crippen molar-refractivity contribution in [1.29, 1.82) is 0 Å². The highest BCUT2D eigenvalue weighted by molar-refractivity contribution is 7.91. The van der Waals surface area contributed by atoms with Gasteiger partial charge >= 0.3 is 0 Å². The second-order valence-corrected chi connectivity index (χ2v) is 10.4. The number of aromatic amines is 1. The number of amides is 1. The van der Waals surface area contributed by atoms with Crippen LogP contribution in [0.4, 0.5) is 0 Å². The van der Waals surface area contributed by atoms with Crippen molar-refractivity contribution in [1.82, 2.24) is 10.3 Å². The first-order valence-corrected chi connectivity index (χ1v) is 12.0. The van der Waals surface area contributed by atoms with Crippen LogP contribution in [0.2, 0.25) is 0 Å². The molecule has 1 amide bonds. The van der Waals surface area contributed by atoms with E-state index < -0.39 is 9.84 Å². The molecule has 8 heteroatoms. The van der Waals surface area contributed by atoms with Crippen LogP contribution in [0.25, 0.3) is 10.9 Å². The summed E-state index contributed by atoms with van der Waals surface area (Å²) >= 11 is 0. The topological polar surface area (TPSA) is 87.9 Å². The molecular weight excluding hydrogens is 376 g/mol. The Labute approximate surface area is 166 Å². The summed E-state index contributed by atoms with van der Waals surface area (Å²) in [6, 6.07) is 8.47. The minimum Gasteiger partial charge on any atom is -0.361 e. The van der Waals surface area contributed by atoms with Gasteiger partial charge in [0.1, 0.15) is 38.0 Å². The van der Waals surface area contributed by atoms with Crippen molar-refractivity contribution in [3.63, 3.8) is 0 Å². The van der Waals surface area contributed by atoms with Crippen molar-refractivity contribution in [3.05, 3.63) is 36.0 Å². The molecule has 3 heterocycles. The van der Waals surface area contributed by atoms with Gasteiger partial charge in [0.15, 0.2) is 16.4 Å². The normalized spacial score (nSPS) is 27.1. The fraction of sp³-hybridized carbons (Fsp3) is 0.550. The fourth-order valence-electron chi connectivity index (χ4n) is 4.59. The van der Waals surface area contributed by atoms with Gasteiger partial charge in [-0.1, -0.05) is 18.2 Å². The highest BCUT2D eigenvalue weighted by Crippen LogP contribution is 2.17. The number of quaternary nitrogens is 2. The molecule has 0 aliphatic carbocycles. The van der Waals surface area contributed by atoms with E-state index >= 15 is 0 Å². The van der Waals surface area contributed by atoms with Crippen LogP contribution in [-0.2, 0) is 21.1 Å². The maximum atomic E-state index is 12.3. The van der Waals surface area contributed by atoms with Crippen molar-refractivity contribution >= 4 is 26.6 Å². The summed E-state index contributed by atoms with van der Waals surface area (Å²) in [4.78, 5) is 18.3. The van der Waals surface area contributed by atoms with E-state index in [4.69, 9.17) is 0 Å². The number of para-hydroxylation sites is 1. The van der Waals surface area contributed by atoms with Gasteiger partial charge in [-0.3, -0.25) is 4.79 Å². The molecule has 0 bridgehead atoms. The first-order chi connectivity index (χ1) is 13.5. The molecule has 0 radical (unpaired) electrons. The third-order valence-electron chi connectivity index (χ3n) is 6.21. The molecule has 0 saturated carbocycles. The number of hydrogen-bond acceptors (Lipinski definition) is 3. The van der Waals surface area contributed by atoms with Crippen LogP contribution >= 0.6 is 0 Å². The van der Waals surface area contributed by atoms with E-state index in [1.165, 1.54) is 20.7 Å². The number of aromatic nitrogens is 1. The quantitative estimate of drug-likeness (QED) is 0.439. The molecule has 4 rings (SSSR count). The zero-order valence-corrected chi connectivity index (χ0v) is 17.0. The van der Waals surface area contributed by atoms with Gasteiger partial charge in [0.05, 0.1) is 5.75 Å². The molecule has 1 atom stereocenters. The highest BCUT2D eigenvalue weighted by atomic mass is 32.2. The lowest BCUT2D eigenvalue weighted by atomic mass is 10.1. The molecule has 2 aromatic rings. The van der Waals surface area contributed by atoms with E-state index in [9.17, 15) is 13.2 Å². The summed E-state index contributed by atoms with van der Waals surface area (Å²) < 4.78 is 23.4. The van der Waals surface area contributed by atoms with Gasteiger partial charge in [0.2, 0.25) is 0 Å². The fourth-order valence-corrected chi connectivity index (χ4v) is 6.42. The van der Waals surface area contributed by atoms with E-state index in [0.717, 1.165) is 44.5 Å². The van der Waals surface area contributed by atoms with Crippen LogP contribution < -0.4 is 15.1 Å². The zero-order valence-electron chi connectivity index (χ0n) is 16.2. The summed E-state index contributed by atoms with van der Waals surface area (Å²) in [5.41, 5.74) is 2.36. The van der Waals surface area contributed by atoms with Gasteiger partial charge in [-0.2, -0.15) is 0 Å². The van der Waals surface area contributed by atoms with Crippen molar-refractivity contribution < 1.29 is 23.0 Å². The molecule has 0 unspecified atom stereocenters. The Kier molecular flexibility index (Phi) is 5.70. The summed E-state index contributed by atoms with van der Waals surface area (Å²) in [6.45, 7) is 4.93. The number of piperazine rings is 1. The first kappa shape index (κ1) is 19.4. The van der Waals surface area contributed by atoms with Gasteiger partial charge in [-0.25, -0.2) is 8.42 Å². The Bertz CT molecular complexity index is 932. The van der Waals surface area contributed by atoms with Gasteiger partial charge in [0, 0.05) is 30.1 Å². The lowest BCUT2D eigenvalue weighted by Crippen LogP contribution is -3.30. The Morgan fingerprint density at radius 3 is 2.71 bits per heavy atom. The average molecular weight is 407 g/mol. The average Bonchev–Trinajstić information content (AvgIpc) is 3.26. The number of sulfone groups is 1. The maximum absolute atomic E-state index is 12.3. The number of hydrogen-bond donors (Lipinski definition) is 4. The molecule has 0 spiro atoms. The molecule has 7 nitrogen and oxygen atoms in total. The number of carbonyl (C=O) groups excluding carboxylic acids is 1. The van der Waals surface area contributed by atoms with Crippen LogP contribution in [0.1, 0.15) is 12.0 Å². The van der Waals surface area contributed by atoms with Crippen molar-refractivity contribution in [2.45, 2.75) is 18.9 Å². The molecule has 2 aliphatic rings. The largest absolute Gasteiger partial charge is 0.361 e. The predicted octanol–water partition coefficient (Wildman–Crippen LogP) is -2.20. The third-order valence-corrected chi connectivity index (χ3v) is 7.98. The molecule has 4 N–H and O–H groups in total. The number of H-pyrrole nitrogens is 1. The molecule has 2 fully saturated rings. The summed E-state index contributed by atoms with van der Waals surface area (Å²) in [5, 5.41) is 4.27. The van der Waals surface area contributed by atoms with Gasteiger partial charge in [-0.15, -0.1) is 0 Å². The van der Waals surface area contributed by atoms with Crippen LogP contribution in [0.5, 0.6) is 0 Å². The molecule has 2 aliphatic heterocycles. The summed E-state index contributed by atoms with van der Waals surface area (Å²) in [7, 11) is -2.81. The summed E-state index contributed by atoms with van der Waals surface area (Å²) in [5.74, 6) is 0.782. The minimum atomic E-state index is -2.81.